The number of ether oxygens (including phenoxy) is 1. The Morgan fingerprint density at radius 1 is 1.18 bits per heavy atom. The highest BCUT2D eigenvalue weighted by Gasteiger charge is 2.19. The van der Waals surface area contributed by atoms with Gasteiger partial charge in [-0.2, -0.15) is 0 Å². The molecule has 0 bridgehead atoms. The van der Waals surface area contributed by atoms with Gasteiger partial charge < -0.3 is 10.1 Å². The van der Waals surface area contributed by atoms with Crippen molar-refractivity contribution in [3.05, 3.63) is 58.6 Å². The molecule has 116 valence electrons. The van der Waals surface area contributed by atoms with Gasteiger partial charge in [-0.1, -0.05) is 30.7 Å². The summed E-state index contributed by atoms with van der Waals surface area (Å²) in [4.78, 5) is 12.4. The van der Waals surface area contributed by atoms with Crippen LogP contribution in [0.4, 0.5) is 5.69 Å². The molecule has 0 heterocycles. The lowest BCUT2D eigenvalue weighted by atomic mass is 10.1. The molecule has 0 saturated carbocycles. The molecule has 1 atom stereocenters. The second kappa shape index (κ2) is 7.32. The summed E-state index contributed by atoms with van der Waals surface area (Å²) in [5, 5.41) is 3.49. The minimum absolute atomic E-state index is 0.161. The van der Waals surface area contributed by atoms with Gasteiger partial charge in [0, 0.05) is 10.7 Å². The van der Waals surface area contributed by atoms with Gasteiger partial charge in [0.05, 0.1) is 0 Å². The Labute approximate surface area is 136 Å². The third-order valence-corrected chi connectivity index (χ3v) is 3.64. The first-order chi connectivity index (χ1) is 10.5. The summed E-state index contributed by atoms with van der Waals surface area (Å²) >= 11 is 5.84. The second-order valence-electron chi connectivity index (χ2n) is 5.28. The molecule has 0 aromatic heterocycles. The molecule has 1 unspecified atom stereocenters. The van der Waals surface area contributed by atoms with Crippen LogP contribution in [0, 0.1) is 13.8 Å². The third-order valence-electron chi connectivity index (χ3n) is 3.39. The average molecular weight is 318 g/mol. The molecule has 1 amide bonds. The predicted octanol–water partition coefficient (Wildman–Crippen LogP) is 4.75. The van der Waals surface area contributed by atoms with Crippen LogP contribution in [0.3, 0.4) is 0 Å². The van der Waals surface area contributed by atoms with E-state index in [0.717, 1.165) is 16.9 Å². The average Bonchev–Trinajstić information content (AvgIpc) is 2.50. The molecule has 0 fully saturated rings. The Kier molecular flexibility index (Phi) is 5.45. The van der Waals surface area contributed by atoms with Crippen molar-refractivity contribution in [1.29, 1.82) is 0 Å². The van der Waals surface area contributed by atoms with Crippen LogP contribution in [0.15, 0.2) is 42.5 Å². The second-order valence-corrected chi connectivity index (χ2v) is 5.72. The van der Waals surface area contributed by atoms with Gasteiger partial charge in [0.15, 0.2) is 6.10 Å². The van der Waals surface area contributed by atoms with Crippen molar-refractivity contribution in [1.82, 2.24) is 0 Å². The number of halogens is 1. The SMILES string of the molecule is CCC(Oc1cc(C)ccc1C)C(=O)Nc1ccc(Cl)cc1. The largest absolute Gasteiger partial charge is 0.480 e. The Hall–Kier alpha value is -2.00. The van der Waals surface area contributed by atoms with E-state index in [0.29, 0.717) is 17.1 Å². The fraction of sp³-hybridized carbons (Fsp3) is 0.278. The van der Waals surface area contributed by atoms with Gasteiger partial charge in [-0.05, 0) is 61.7 Å². The van der Waals surface area contributed by atoms with Crippen LogP contribution in [-0.4, -0.2) is 12.0 Å². The molecule has 2 rings (SSSR count). The van der Waals surface area contributed by atoms with E-state index in [4.69, 9.17) is 16.3 Å². The van der Waals surface area contributed by atoms with E-state index >= 15 is 0 Å². The van der Waals surface area contributed by atoms with Gasteiger partial charge in [0.1, 0.15) is 5.75 Å². The Morgan fingerprint density at radius 2 is 1.86 bits per heavy atom. The lowest BCUT2D eigenvalue weighted by Gasteiger charge is -2.19. The summed E-state index contributed by atoms with van der Waals surface area (Å²) in [6.45, 7) is 5.90. The Balaban J connectivity index is 2.08. The van der Waals surface area contributed by atoms with Gasteiger partial charge >= 0.3 is 0 Å². The Morgan fingerprint density at radius 3 is 2.50 bits per heavy atom. The van der Waals surface area contributed by atoms with Crippen molar-refractivity contribution >= 4 is 23.2 Å². The Bertz CT molecular complexity index is 653. The zero-order valence-corrected chi connectivity index (χ0v) is 13.8. The molecular weight excluding hydrogens is 298 g/mol. The van der Waals surface area contributed by atoms with E-state index in [2.05, 4.69) is 5.32 Å². The van der Waals surface area contributed by atoms with Gasteiger partial charge in [-0.15, -0.1) is 0 Å². The third kappa shape index (κ3) is 4.25. The molecular formula is C18H20ClNO2. The number of carbonyl (C=O) groups excluding carboxylic acids is 1. The molecule has 3 nitrogen and oxygen atoms in total. The van der Waals surface area contributed by atoms with Crippen LogP contribution < -0.4 is 10.1 Å². The fourth-order valence-corrected chi connectivity index (χ4v) is 2.19. The predicted molar refractivity (Wildman–Crippen MR) is 90.7 cm³/mol. The summed E-state index contributed by atoms with van der Waals surface area (Å²) < 4.78 is 5.89. The number of aryl methyl sites for hydroxylation is 2. The number of anilines is 1. The first-order valence-electron chi connectivity index (χ1n) is 7.30. The molecule has 0 saturated heterocycles. The summed E-state index contributed by atoms with van der Waals surface area (Å²) in [7, 11) is 0. The summed E-state index contributed by atoms with van der Waals surface area (Å²) in [5.74, 6) is 0.587. The molecule has 22 heavy (non-hydrogen) atoms. The highest BCUT2D eigenvalue weighted by Crippen LogP contribution is 2.22. The van der Waals surface area contributed by atoms with Crippen LogP contribution in [0.1, 0.15) is 24.5 Å². The monoisotopic (exact) mass is 317 g/mol. The molecule has 0 aliphatic carbocycles. The molecule has 1 N–H and O–H groups in total. The van der Waals surface area contributed by atoms with Crippen molar-refractivity contribution in [3.63, 3.8) is 0 Å². The molecule has 2 aromatic rings. The zero-order valence-electron chi connectivity index (χ0n) is 13.0. The number of hydrogen-bond acceptors (Lipinski definition) is 2. The quantitative estimate of drug-likeness (QED) is 0.864. The molecule has 2 aromatic carbocycles. The number of amides is 1. The van der Waals surface area contributed by atoms with E-state index in [-0.39, 0.29) is 5.91 Å². The first kappa shape index (κ1) is 16.4. The van der Waals surface area contributed by atoms with E-state index in [1.165, 1.54) is 0 Å². The van der Waals surface area contributed by atoms with Crippen LogP contribution in [-0.2, 0) is 4.79 Å². The fourth-order valence-electron chi connectivity index (χ4n) is 2.07. The summed E-state index contributed by atoms with van der Waals surface area (Å²) in [5.41, 5.74) is 2.83. The van der Waals surface area contributed by atoms with Crippen molar-refractivity contribution < 1.29 is 9.53 Å². The van der Waals surface area contributed by atoms with Gasteiger partial charge in [-0.3, -0.25) is 4.79 Å². The van der Waals surface area contributed by atoms with Crippen LogP contribution in [0.5, 0.6) is 5.75 Å². The highest BCUT2D eigenvalue weighted by atomic mass is 35.5. The number of benzene rings is 2. The van der Waals surface area contributed by atoms with E-state index < -0.39 is 6.10 Å². The maximum absolute atomic E-state index is 12.4. The maximum atomic E-state index is 12.4. The number of carbonyl (C=O) groups is 1. The van der Waals surface area contributed by atoms with Gasteiger partial charge in [0.25, 0.3) is 5.91 Å². The maximum Gasteiger partial charge on any atom is 0.265 e. The molecule has 0 radical (unpaired) electrons. The molecule has 4 heteroatoms. The van der Waals surface area contributed by atoms with E-state index in [9.17, 15) is 4.79 Å². The lowest BCUT2D eigenvalue weighted by molar-refractivity contribution is -0.122. The minimum Gasteiger partial charge on any atom is -0.480 e. The number of rotatable bonds is 5. The summed E-state index contributed by atoms with van der Waals surface area (Å²) in [6, 6.07) is 13.0. The van der Waals surface area contributed by atoms with Crippen LogP contribution in [0.25, 0.3) is 0 Å². The number of nitrogens with one attached hydrogen (secondary N) is 1. The van der Waals surface area contributed by atoms with Gasteiger partial charge in [-0.25, -0.2) is 0 Å². The lowest BCUT2D eigenvalue weighted by Crippen LogP contribution is -2.32. The minimum atomic E-state index is -0.531. The normalized spacial score (nSPS) is 11.8. The van der Waals surface area contributed by atoms with Crippen molar-refractivity contribution in [3.8, 4) is 5.75 Å². The highest BCUT2D eigenvalue weighted by molar-refractivity contribution is 6.30. The number of hydrogen-bond donors (Lipinski definition) is 1. The van der Waals surface area contributed by atoms with Crippen LogP contribution in [0.2, 0.25) is 5.02 Å². The first-order valence-corrected chi connectivity index (χ1v) is 7.67. The van der Waals surface area contributed by atoms with Crippen molar-refractivity contribution in [2.45, 2.75) is 33.3 Å². The van der Waals surface area contributed by atoms with Crippen molar-refractivity contribution in [2.24, 2.45) is 0 Å². The summed E-state index contributed by atoms with van der Waals surface area (Å²) in [6.07, 6.45) is 0.0588. The smallest absolute Gasteiger partial charge is 0.265 e. The topological polar surface area (TPSA) is 38.3 Å². The standard InChI is InChI=1S/C18H20ClNO2/c1-4-16(22-17-11-12(2)5-6-13(17)3)18(21)20-15-9-7-14(19)8-10-15/h5-11,16H,4H2,1-3H3,(H,20,21). The van der Waals surface area contributed by atoms with Crippen LogP contribution >= 0.6 is 11.6 Å². The molecule has 0 aliphatic rings. The van der Waals surface area contributed by atoms with Crippen molar-refractivity contribution in [2.75, 3.05) is 5.32 Å². The van der Waals surface area contributed by atoms with E-state index in [1.54, 1.807) is 24.3 Å². The molecule has 0 aliphatic heterocycles. The molecule has 0 spiro atoms. The van der Waals surface area contributed by atoms with E-state index in [1.807, 2.05) is 39.0 Å². The zero-order chi connectivity index (χ0) is 16.1. The van der Waals surface area contributed by atoms with Gasteiger partial charge in [0.2, 0.25) is 0 Å².